The van der Waals surface area contributed by atoms with Crippen molar-refractivity contribution in [2.24, 2.45) is 0 Å². The van der Waals surface area contributed by atoms with Crippen molar-refractivity contribution in [2.45, 2.75) is 172 Å². The SMILES string of the molecule is CCCC/C=C/CCCCCCCC(=O)OC[C@H](COP(=O)(O)OC1C(O)C(O)C(O)[C@@H](O)C1O)OC(=O)CCCCCCCCC. The number of carbonyl (C=O) groups excluding carboxylic acids is 2. The summed E-state index contributed by atoms with van der Waals surface area (Å²) in [4.78, 5) is 35.1. The van der Waals surface area contributed by atoms with Gasteiger partial charge in [-0.05, 0) is 32.1 Å². The Morgan fingerprint density at radius 2 is 1.11 bits per heavy atom. The molecule has 0 amide bonds. The molecule has 0 bridgehead atoms. The van der Waals surface area contributed by atoms with Gasteiger partial charge in [0, 0.05) is 12.8 Å². The molecule has 0 aromatic heterocycles. The molecule has 6 unspecified atom stereocenters. The topological polar surface area (TPSA) is 210 Å². The third-order valence-corrected chi connectivity index (χ3v) is 9.09. The van der Waals surface area contributed by atoms with Gasteiger partial charge in [-0.1, -0.05) is 96.6 Å². The van der Waals surface area contributed by atoms with Crippen LogP contribution in [0.2, 0.25) is 0 Å². The molecule has 0 saturated heterocycles. The fraction of sp³-hybridized carbons (Fsp3) is 0.879. The molecule has 0 radical (unpaired) electrons. The van der Waals surface area contributed by atoms with Gasteiger partial charge in [0.15, 0.2) is 6.10 Å². The van der Waals surface area contributed by atoms with E-state index in [0.717, 1.165) is 70.6 Å². The molecule has 1 aliphatic rings. The van der Waals surface area contributed by atoms with Gasteiger partial charge >= 0.3 is 19.8 Å². The fourth-order valence-electron chi connectivity index (χ4n) is 5.15. The molecule has 13 nitrogen and oxygen atoms in total. The number of phosphoric ester groups is 1. The summed E-state index contributed by atoms with van der Waals surface area (Å²) in [7, 11) is -5.09. The molecule has 0 aromatic rings. The van der Waals surface area contributed by atoms with E-state index >= 15 is 0 Å². The Kier molecular flexibility index (Phi) is 23.7. The van der Waals surface area contributed by atoms with Gasteiger partial charge in [-0.3, -0.25) is 18.6 Å². The van der Waals surface area contributed by atoms with E-state index in [0.29, 0.717) is 12.8 Å². The highest BCUT2D eigenvalue weighted by Gasteiger charge is 2.51. The van der Waals surface area contributed by atoms with Crippen molar-refractivity contribution in [1.82, 2.24) is 0 Å². The number of phosphoric acid groups is 1. The third kappa shape index (κ3) is 19.4. The van der Waals surface area contributed by atoms with Crippen LogP contribution < -0.4 is 0 Å². The van der Waals surface area contributed by atoms with E-state index in [2.05, 4.69) is 26.0 Å². The number of ether oxygens (including phenoxy) is 2. The summed E-state index contributed by atoms with van der Waals surface area (Å²) in [5.41, 5.74) is 0. The second-order valence-electron chi connectivity index (χ2n) is 12.4. The lowest BCUT2D eigenvalue weighted by atomic mass is 9.85. The lowest BCUT2D eigenvalue weighted by molar-refractivity contribution is -0.220. The molecule has 1 fully saturated rings. The standard InChI is InChI=1S/C33H61O13P/c1-3-5-7-9-11-12-13-14-16-17-19-21-26(34)43-23-25(45-27(35)22-20-18-15-10-8-6-4-2)24-44-47(41,42)46-33-31(39)29(37)28(36)30(38)32(33)40/h9,11,25,28-33,36-40H,3-8,10,12-24H2,1-2H3,(H,41,42)/b11-9+/t25-,28?,29-,30?,31?,32?,33?/m1/s1. The molecule has 0 heterocycles. The minimum atomic E-state index is -5.09. The van der Waals surface area contributed by atoms with E-state index in [9.17, 15) is 44.6 Å². The molecule has 1 rings (SSSR count). The highest BCUT2D eigenvalue weighted by atomic mass is 31.2. The number of hydrogen-bond acceptors (Lipinski definition) is 12. The number of unbranched alkanes of at least 4 members (excludes halogenated alkanes) is 13. The zero-order valence-corrected chi connectivity index (χ0v) is 29.2. The predicted molar refractivity (Wildman–Crippen MR) is 175 cm³/mol. The summed E-state index contributed by atoms with van der Waals surface area (Å²) in [5, 5.41) is 49.7. The third-order valence-electron chi connectivity index (χ3n) is 8.11. The van der Waals surface area contributed by atoms with E-state index in [1.54, 1.807) is 0 Å². The molecule has 0 aromatic carbocycles. The van der Waals surface area contributed by atoms with Crippen molar-refractivity contribution in [2.75, 3.05) is 13.2 Å². The molecule has 0 spiro atoms. The lowest BCUT2D eigenvalue weighted by Crippen LogP contribution is -2.64. The summed E-state index contributed by atoms with van der Waals surface area (Å²) in [6, 6.07) is 0. The van der Waals surface area contributed by atoms with Crippen LogP contribution in [0, 0.1) is 0 Å². The summed E-state index contributed by atoms with van der Waals surface area (Å²) >= 11 is 0. The average molecular weight is 697 g/mol. The first-order chi connectivity index (χ1) is 22.4. The Morgan fingerprint density at radius 3 is 1.68 bits per heavy atom. The van der Waals surface area contributed by atoms with Crippen molar-refractivity contribution in [3.05, 3.63) is 12.2 Å². The van der Waals surface area contributed by atoms with Crippen LogP contribution >= 0.6 is 7.82 Å². The van der Waals surface area contributed by atoms with Crippen molar-refractivity contribution >= 4 is 19.8 Å². The van der Waals surface area contributed by atoms with E-state index in [1.807, 2.05) is 0 Å². The molecule has 14 heteroatoms. The Morgan fingerprint density at radius 1 is 0.638 bits per heavy atom. The van der Waals surface area contributed by atoms with Crippen LogP contribution in [0.1, 0.15) is 129 Å². The van der Waals surface area contributed by atoms with E-state index in [-0.39, 0.29) is 12.8 Å². The van der Waals surface area contributed by atoms with E-state index < -0.39 is 75.7 Å². The smallest absolute Gasteiger partial charge is 0.462 e. The molecule has 1 saturated carbocycles. The number of allylic oxidation sites excluding steroid dienone is 2. The Balaban J connectivity index is 2.58. The van der Waals surface area contributed by atoms with Crippen molar-refractivity contribution < 1.29 is 63.1 Å². The van der Waals surface area contributed by atoms with Gasteiger partial charge in [0.05, 0.1) is 6.61 Å². The zero-order chi connectivity index (χ0) is 35.1. The summed E-state index contributed by atoms with van der Waals surface area (Å²) < 4.78 is 33.1. The first-order valence-corrected chi connectivity index (χ1v) is 19.0. The number of rotatable bonds is 27. The van der Waals surface area contributed by atoms with Gasteiger partial charge in [0.1, 0.15) is 43.2 Å². The first-order valence-electron chi connectivity index (χ1n) is 17.5. The van der Waals surface area contributed by atoms with Crippen LogP contribution in [-0.2, 0) is 32.7 Å². The summed E-state index contributed by atoms with van der Waals surface area (Å²) in [5.74, 6) is -1.12. The molecule has 8 atom stereocenters. The van der Waals surface area contributed by atoms with Crippen LogP contribution in [0.25, 0.3) is 0 Å². The number of esters is 2. The maximum atomic E-state index is 12.7. The fourth-order valence-corrected chi connectivity index (χ4v) is 6.12. The Hall–Kier alpha value is -1.41. The van der Waals surface area contributed by atoms with Crippen LogP contribution in [0.4, 0.5) is 0 Å². The Labute approximate surface area is 280 Å². The largest absolute Gasteiger partial charge is 0.472 e. The van der Waals surface area contributed by atoms with E-state index in [1.165, 1.54) is 19.3 Å². The number of hydrogen-bond donors (Lipinski definition) is 6. The monoisotopic (exact) mass is 696 g/mol. The average Bonchev–Trinajstić information content (AvgIpc) is 3.04. The van der Waals surface area contributed by atoms with E-state index in [4.69, 9.17) is 18.5 Å². The molecule has 0 aliphatic heterocycles. The number of aliphatic hydroxyl groups excluding tert-OH is 5. The number of carbonyl (C=O) groups is 2. The van der Waals surface area contributed by atoms with Gasteiger partial charge in [-0.25, -0.2) is 4.57 Å². The zero-order valence-electron chi connectivity index (χ0n) is 28.3. The lowest BCUT2D eigenvalue weighted by Gasteiger charge is -2.41. The first kappa shape index (κ1) is 43.6. The van der Waals surface area contributed by atoms with Crippen molar-refractivity contribution in [3.8, 4) is 0 Å². The van der Waals surface area contributed by atoms with Gasteiger partial charge < -0.3 is 39.9 Å². The van der Waals surface area contributed by atoms with Crippen LogP contribution in [0.5, 0.6) is 0 Å². The highest BCUT2D eigenvalue weighted by molar-refractivity contribution is 7.47. The van der Waals surface area contributed by atoms with Gasteiger partial charge in [0.2, 0.25) is 0 Å². The van der Waals surface area contributed by atoms with Crippen LogP contribution in [0.15, 0.2) is 12.2 Å². The summed E-state index contributed by atoms with van der Waals surface area (Å²) in [6.07, 6.45) is 7.66. The highest BCUT2D eigenvalue weighted by Crippen LogP contribution is 2.47. The minimum Gasteiger partial charge on any atom is -0.462 e. The van der Waals surface area contributed by atoms with Gasteiger partial charge in [-0.2, -0.15) is 0 Å². The normalized spacial score (nSPS) is 25.0. The Bertz CT molecular complexity index is 901. The van der Waals surface area contributed by atoms with Gasteiger partial charge in [0.25, 0.3) is 0 Å². The van der Waals surface area contributed by atoms with Gasteiger partial charge in [-0.15, -0.1) is 0 Å². The number of aliphatic hydroxyl groups is 5. The molecule has 1 aliphatic carbocycles. The second-order valence-corrected chi connectivity index (χ2v) is 13.8. The maximum Gasteiger partial charge on any atom is 0.472 e. The molecular formula is C33H61O13P. The maximum absolute atomic E-state index is 12.7. The van der Waals surface area contributed by atoms with Crippen molar-refractivity contribution in [3.63, 3.8) is 0 Å². The molecule has 276 valence electrons. The van der Waals surface area contributed by atoms with Crippen LogP contribution in [0.3, 0.4) is 0 Å². The molecule has 47 heavy (non-hydrogen) atoms. The minimum absolute atomic E-state index is 0.0958. The summed E-state index contributed by atoms with van der Waals surface area (Å²) in [6.45, 7) is 3.13. The quantitative estimate of drug-likeness (QED) is 0.0305. The second kappa shape index (κ2) is 25.5. The molecular weight excluding hydrogens is 635 g/mol. The molecule has 6 N–H and O–H groups in total. The van der Waals surface area contributed by atoms with Crippen molar-refractivity contribution in [1.29, 1.82) is 0 Å². The van der Waals surface area contributed by atoms with Crippen LogP contribution in [-0.4, -0.2) is 98.3 Å². The predicted octanol–water partition coefficient (Wildman–Crippen LogP) is 4.38.